The summed E-state index contributed by atoms with van der Waals surface area (Å²) in [7, 11) is 0. The average Bonchev–Trinajstić information content (AvgIpc) is 3.41. The fraction of sp³-hybridized carbons (Fsp3) is 0.333. The third-order valence-electron chi connectivity index (χ3n) is 4.82. The van der Waals surface area contributed by atoms with E-state index in [1.165, 1.54) is 17.2 Å². The van der Waals surface area contributed by atoms with Gasteiger partial charge in [-0.2, -0.15) is 18.2 Å². The van der Waals surface area contributed by atoms with Gasteiger partial charge in [0.1, 0.15) is 0 Å². The van der Waals surface area contributed by atoms with Gasteiger partial charge in [0.25, 0.3) is 0 Å². The van der Waals surface area contributed by atoms with Crippen LogP contribution in [0.2, 0.25) is 0 Å². The summed E-state index contributed by atoms with van der Waals surface area (Å²) in [5, 5.41) is 3.88. The maximum atomic E-state index is 12.9. The van der Waals surface area contributed by atoms with Gasteiger partial charge in [-0.1, -0.05) is 47.1 Å². The van der Waals surface area contributed by atoms with E-state index in [1.807, 2.05) is 0 Å². The van der Waals surface area contributed by atoms with Crippen LogP contribution in [0.4, 0.5) is 13.2 Å². The molecule has 0 N–H and O–H groups in total. The number of halogens is 3. The van der Waals surface area contributed by atoms with Crippen LogP contribution in [0.3, 0.4) is 0 Å². The van der Waals surface area contributed by atoms with Crippen LogP contribution in [-0.4, -0.2) is 21.1 Å². The first kappa shape index (κ1) is 18.7. The minimum atomic E-state index is -4.40. The van der Waals surface area contributed by atoms with Crippen molar-refractivity contribution in [3.05, 3.63) is 71.1 Å². The number of hydrogen-bond donors (Lipinski definition) is 0. The van der Waals surface area contributed by atoms with Gasteiger partial charge < -0.3 is 4.52 Å². The minimum absolute atomic E-state index is 0.173. The zero-order valence-electron chi connectivity index (χ0n) is 15.4. The van der Waals surface area contributed by atoms with Crippen molar-refractivity contribution in [3.63, 3.8) is 0 Å². The molecule has 1 heterocycles. The molecule has 7 heteroatoms. The molecule has 0 atom stereocenters. The van der Waals surface area contributed by atoms with E-state index in [4.69, 9.17) is 4.52 Å². The highest BCUT2D eigenvalue weighted by Gasteiger charge is 2.32. The van der Waals surface area contributed by atoms with E-state index < -0.39 is 11.7 Å². The molecule has 146 valence electrons. The Kier molecular flexibility index (Phi) is 4.93. The second-order valence-corrected chi connectivity index (χ2v) is 7.21. The largest absolute Gasteiger partial charge is 0.416 e. The quantitative estimate of drug-likeness (QED) is 0.581. The highest BCUT2D eigenvalue weighted by Crippen LogP contribution is 2.32. The van der Waals surface area contributed by atoms with E-state index in [1.54, 1.807) is 6.07 Å². The van der Waals surface area contributed by atoms with E-state index in [2.05, 4.69) is 46.2 Å². The van der Waals surface area contributed by atoms with Crippen molar-refractivity contribution in [2.45, 2.75) is 45.1 Å². The van der Waals surface area contributed by atoms with Crippen molar-refractivity contribution in [3.8, 4) is 11.4 Å². The second-order valence-electron chi connectivity index (χ2n) is 7.21. The predicted molar refractivity (Wildman–Crippen MR) is 98.2 cm³/mol. The molecular weight excluding hydrogens is 367 g/mol. The molecule has 1 fully saturated rings. The van der Waals surface area contributed by atoms with E-state index >= 15 is 0 Å². The Balaban J connectivity index is 1.49. The molecule has 1 aliphatic rings. The van der Waals surface area contributed by atoms with Crippen molar-refractivity contribution in [1.29, 1.82) is 0 Å². The van der Waals surface area contributed by atoms with E-state index in [-0.39, 0.29) is 5.82 Å². The number of aryl methyl sites for hydroxylation is 1. The molecule has 4 nitrogen and oxygen atoms in total. The second kappa shape index (κ2) is 7.39. The third-order valence-corrected chi connectivity index (χ3v) is 4.82. The Morgan fingerprint density at radius 1 is 1.07 bits per heavy atom. The lowest BCUT2D eigenvalue weighted by molar-refractivity contribution is -0.137. The maximum Gasteiger partial charge on any atom is 0.416 e. The Morgan fingerprint density at radius 2 is 1.82 bits per heavy atom. The summed E-state index contributed by atoms with van der Waals surface area (Å²) < 4.78 is 44.1. The van der Waals surface area contributed by atoms with Crippen LogP contribution in [0.1, 0.15) is 35.4 Å². The summed E-state index contributed by atoms with van der Waals surface area (Å²) in [5.41, 5.74) is 1.98. The van der Waals surface area contributed by atoms with Crippen LogP contribution in [0.15, 0.2) is 53.1 Å². The molecule has 1 aromatic heterocycles. The summed E-state index contributed by atoms with van der Waals surface area (Å²) in [5.74, 6) is 0.582. The molecule has 0 aliphatic heterocycles. The van der Waals surface area contributed by atoms with Gasteiger partial charge in [-0.05, 0) is 37.5 Å². The molecule has 1 aliphatic carbocycles. The number of aromatic nitrogens is 2. The molecule has 0 amide bonds. The number of rotatable bonds is 6. The summed E-state index contributed by atoms with van der Waals surface area (Å²) in [6.45, 7) is 3.30. The molecule has 28 heavy (non-hydrogen) atoms. The zero-order valence-corrected chi connectivity index (χ0v) is 15.4. The van der Waals surface area contributed by atoms with Crippen LogP contribution in [0.25, 0.3) is 11.4 Å². The normalized spacial score (nSPS) is 14.6. The Labute approximate surface area is 161 Å². The molecular formula is C21H20F3N3O. The van der Waals surface area contributed by atoms with Crippen molar-refractivity contribution >= 4 is 0 Å². The van der Waals surface area contributed by atoms with Crippen LogP contribution in [0, 0.1) is 6.92 Å². The van der Waals surface area contributed by atoms with E-state index in [9.17, 15) is 13.2 Å². The van der Waals surface area contributed by atoms with E-state index in [0.717, 1.165) is 31.5 Å². The number of hydrogen-bond acceptors (Lipinski definition) is 4. The van der Waals surface area contributed by atoms with Crippen molar-refractivity contribution in [2.24, 2.45) is 0 Å². The highest BCUT2D eigenvalue weighted by atomic mass is 19.4. The molecule has 0 saturated heterocycles. The van der Waals surface area contributed by atoms with Crippen molar-refractivity contribution < 1.29 is 17.7 Å². The summed E-state index contributed by atoms with van der Waals surface area (Å²) in [6.07, 6.45) is -2.15. The lowest BCUT2D eigenvalue weighted by atomic mass is 10.1. The molecule has 0 unspecified atom stereocenters. The van der Waals surface area contributed by atoms with Crippen molar-refractivity contribution in [2.75, 3.05) is 0 Å². The number of benzene rings is 2. The first-order chi connectivity index (χ1) is 13.4. The first-order valence-electron chi connectivity index (χ1n) is 9.18. The highest BCUT2D eigenvalue weighted by molar-refractivity contribution is 5.55. The minimum Gasteiger partial charge on any atom is -0.338 e. The van der Waals surface area contributed by atoms with Gasteiger partial charge in [0.15, 0.2) is 0 Å². The van der Waals surface area contributed by atoms with Gasteiger partial charge >= 0.3 is 6.18 Å². The third kappa shape index (κ3) is 4.42. The van der Waals surface area contributed by atoms with Gasteiger partial charge in [-0.15, -0.1) is 0 Å². The molecule has 3 aromatic rings. The lowest BCUT2D eigenvalue weighted by Crippen LogP contribution is -2.25. The smallest absolute Gasteiger partial charge is 0.338 e. The zero-order chi connectivity index (χ0) is 19.7. The fourth-order valence-electron chi connectivity index (χ4n) is 3.13. The topological polar surface area (TPSA) is 42.2 Å². The molecule has 0 bridgehead atoms. The Hall–Kier alpha value is -2.67. The average molecular weight is 387 g/mol. The predicted octanol–water partition coefficient (Wildman–Crippen LogP) is 5.23. The van der Waals surface area contributed by atoms with Crippen LogP contribution in [-0.2, 0) is 19.3 Å². The number of alkyl halides is 3. The molecule has 2 aromatic carbocycles. The van der Waals surface area contributed by atoms with Crippen LogP contribution >= 0.6 is 0 Å². The van der Waals surface area contributed by atoms with Gasteiger partial charge in [0, 0.05) is 18.2 Å². The summed E-state index contributed by atoms with van der Waals surface area (Å²) in [4.78, 5) is 6.59. The van der Waals surface area contributed by atoms with Gasteiger partial charge in [0.2, 0.25) is 11.7 Å². The molecule has 4 rings (SSSR count). The Bertz CT molecular complexity index is 946. The van der Waals surface area contributed by atoms with Crippen molar-refractivity contribution in [1.82, 2.24) is 15.0 Å². The van der Waals surface area contributed by atoms with Crippen LogP contribution < -0.4 is 0 Å². The number of nitrogens with zero attached hydrogens (tertiary/aromatic N) is 3. The SMILES string of the molecule is Cc1ccc(CN(Cc2nc(-c3cccc(C(F)(F)F)c3)no2)C2CC2)cc1. The summed E-state index contributed by atoms with van der Waals surface area (Å²) in [6, 6.07) is 13.8. The lowest BCUT2D eigenvalue weighted by Gasteiger charge is -2.20. The standard InChI is InChI=1S/C21H20F3N3O/c1-14-5-7-15(8-6-14)12-27(18-9-10-18)13-19-25-20(26-28-19)16-3-2-4-17(11-16)21(22,23)24/h2-8,11,18H,9-10,12-13H2,1H3. The van der Waals surface area contributed by atoms with Gasteiger partial charge in [0.05, 0.1) is 12.1 Å². The first-order valence-corrected chi connectivity index (χ1v) is 9.18. The van der Waals surface area contributed by atoms with E-state index in [0.29, 0.717) is 24.0 Å². The van der Waals surface area contributed by atoms with Gasteiger partial charge in [-0.25, -0.2) is 0 Å². The Morgan fingerprint density at radius 3 is 2.50 bits per heavy atom. The maximum absolute atomic E-state index is 12.9. The van der Waals surface area contributed by atoms with Gasteiger partial charge in [-0.3, -0.25) is 4.90 Å². The molecule has 1 saturated carbocycles. The summed E-state index contributed by atoms with van der Waals surface area (Å²) >= 11 is 0. The molecule has 0 spiro atoms. The monoisotopic (exact) mass is 387 g/mol. The van der Waals surface area contributed by atoms with Crippen LogP contribution in [0.5, 0.6) is 0 Å². The fourth-order valence-corrected chi connectivity index (χ4v) is 3.13. The molecule has 0 radical (unpaired) electrons.